The van der Waals surface area contributed by atoms with Gasteiger partial charge in [0.2, 0.25) is 5.91 Å². The highest BCUT2D eigenvalue weighted by Gasteiger charge is 2.42. The number of carboxylic acid groups (broad SMARTS) is 1. The Morgan fingerprint density at radius 1 is 1.37 bits per heavy atom. The summed E-state index contributed by atoms with van der Waals surface area (Å²) in [5, 5.41) is 11.8. The maximum absolute atomic E-state index is 12.1. The SMILES string of the molecule is CC(C)CC(CNC(=O)C1(CN)CCC1)CC(=O)O. The lowest BCUT2D eigenvalue weighted by Gasteiger charge is -2.39. The van der Waals surface area contributed by atoms with E-state index in [-0.39, 0.29) is 23.7 Å². The molecule has 5 heteroatoms. The van der Waals surface area contributed by atoms with Crippen LogP contribution in [-0.2, 0) is 9.59 Å². The van der Waals surface area contributed by atoms with E-state index in [2.05, 4.69) is 19.2 Å². The molecule has 0 aliphatic heterocycles. The van der Waals surface area contributed by atoms with Crippen LogP contribution >= 0.6 is 0 Å². The van der Waals surface area contributed by atoms with Crippen molar-refractivity contribution in [2.75, 3.05) is 13.1 Å². The standard InChI is InChI=1S/C14H26N2O3/c1-10(2)6-11(7-12(17)18)8-16-13(19)14(9-15)4-3-5-14/h10-11H,3-9,15H2,1-2H3,(H,16,19)(H,17,18). The van der Waals surface area contributed by atoms with Gasteiger partial charge >= 0.3 is 5.97 Å². The van der Waals surface area contributed by atoms with Crippen molar-refractivity contribution >= 4 is 11.9 Å². The molecule has 1 aliphatic carbocycles. The fourth-order valence-electron chi connectivity index (χ4n) is 2.70. The van der Waals surface area contributed by atoms with Crippen molar-refractivity contribution in [2.45, 2.75) is 46.0 Å². The van der Waals surface area contributed by atoms with Crippen LogP contribution in [0.3, 0.4) is 0 Å². The van der Waals surface area contributed by atoms with Crippen LogP contribution in [0.2, 0.25) is 0 Å². The van der Waals surface area contributed by atoms with Crippen LogP contribution < -0.4 is 11.1 Å². The number of nitrogens with two attached hydrogens (primary N) is 1. The molecule has 1 fully saturated rings. The lowest BCUT2D eigenvalue weighted by molar-refractivity contribution is -0.139. The van der Waals surface area contributed by atoms with Gasteiger partial charge in [0.05, 0.1) is 5.41 Å². The fourth-order valence-corrected chi connectivity index (χ4v) is 2.70. The average molecular weight is 270 g/mol. The molecular weight excluding hydrogens is 244 g/mol. The number of hydrogen-bond donors (Lipinski definition) is 3. The van der Waals surface area contributed by atoms with Crippen LogP contribution in [0.1, 0.15) is 46.0 Å². The molecule has 0 spiro atoms. The molecular formula is C14H26N2O3. The third kappa shape index (κ3) is 4.49. The Labute approximate surface area is 114 Å². The summed E-state index contributed by atoms with van der Waals surface area (Å²) in [6.45, 7) is 4.94. The number of amides is 1. The highest BCUT2D eigenvalue weighted by atomic mass is 16.4. The van der Waals surface area contributed by atoms with Crippen LogP contribution in [0.5, 0.6) is 0 Å². The number of nitrogens with one attached hydrogen (secondary N) is 1. The predicted octanol–water partition coefficient (Wildman–Crippen LogP) is 1.37. The molecule has 1 rings (SSSR count). The number of carbonyl (C=O) groups excluding carboxylic acids is 1. The Morgan fingerprint density at radius 2 is 2.00 bits per heavy atom. The molecule has 0 heterocycles. The summed E-state index contributed by atoms with van der Waals surface area (Å²) in [7, 11) is 0. The first-order valence-corrected chi connectivity index (χ1v) is 7.10. The average Bonchev–Trinajstić information content (AvgIpc) is 2.23. The minimum Gasteiger partial charge on any atom is -0.481 e. The molecule has 1 unspecified atom stereocenters. The molecule has 19 heavy (non-hydrogen) atoms. The molecule has 5 nitrogen and oxygen atoms in total. The molecule has 0 bridgehead atoms. The summed E-state index contributed by atoms with van der Waals surface area (Å²) in [6.07, 6.45) is 3.66. The Morgan fingerprint density at radius 3 is 2.37 bits per heavy atom. The first-order valence-electron chi connectivity index (χ1n) is 7.10. The van der Waals surface area contributed by atoms with Gasteiger partial charge in [-0.3, -0.25) is 9.59 Å². The normalized spacial score (nSPS) is 18.7. The first kappa shape index (κ1) is 16.0. The fraction of sp³-hybridized carbons (Fsp3) is 0.857. The van der Waals surface area contributed by atoms with E-state index < -0.39 is 5.97 Å². The minimum absolute atomic E-state index is 0.000366. The van der Waals surface area contributed by atoms with Gasteiger partial charge in [-0.15, -0.1) is 0 Å². The third-order valence-corrected chi connectivity index (χ3v) is 4.00. The highest BCUT2D eigenvalue weighted by Crippen LogP contribution is 2.40. The second-order valence-electron chi connectivity index (χ2n) is 6.14. The van der Waals surface area contributed by atoms with Gasteiger partial charge in [-0.25, -0.2) is 0 Å². The quantitative estimate of drug-likeness (QED) is 0.621. The number of carbonyl (C=O) groups is 2. The molecule has 0 radical (unpaired) electrons. The largest absolute Gasteiger partial charge is 0.481 e. The summed E-state index contributed by atoms with van der Waals surface area (Å²) in [6, 6.07) is 0. The van der Waals surface area contributed by atoms with E-state index in [1.165, 1.54) is 0 Å². The van der Waals surface area contributed by atoms with Crippen LogP contribution in [0, 0.1) is 17.3 Å². The Hall–Kier alpha value is -1.10. The van der Waals surface area contributed by atoms with Crippen LogP contribution in [0.4, 0.5) is 0 Å². The summed E-state index contributed by atoms with van der Waals surface area (Å²) < 4.78 is 0. The van der Waals surface area contributed by atoms with Crippen molar-refractivity contribution in [3.05, 3.63) is 0 Å². The molecule has 0 aromatic heterocycles. The van der Waals surface area contributed by atoms with Gasteiger partial charge in [0, 0.05) is 19.5 Å². The molecule has 4 N–H and O–H groups in total. The maximum Gasteiger partial charge on any atom is 0.303 e. The van der Waals surface area contributed by atoms with Crippen LogP contribution in [0.25, 0.3) is 0 Å². The van der Waals surface area contributed by atoms with Crippen LogP contribution in [-0.4, -0.2) is 30.1 Å². The second-order valence-corrected chi connectivity index (χ2v) is 6.14. The molecule has 0 saturated heterocycles. The maximum atomic E-state index is 12.1. The summed E-state index contributed by atoms with van der Waals surface area (Å²) >= 11 is 0. The van der Waals surface area contributed by atoms with Crippen molar-refractivity contribution in [3.63, 3.8) is 0 Å². The van der Waals surface area contributed by atoms with Crippen molar-refractivity contribution in [1.82, 2.24) is 5.32 Å². The van der Waals surface area contributed by atoms with Crippen LogP contribution in [0.15, 0.2) is 0 Å². The van der Waals surface area contributed by atoms with E-state index in [0.29, 0.717) is 19.0 Å². The molecule has 110 valence electrons. The van der Waals surface area contributed by atoms with Gasteiger partial charge in [-0.1, -0.05) is 20.3 Å². The van der Waals surface area contributed by atoms with E-state index in [1.54, 1.807) is 0 Å². The number of rotatable bonds is 8. The van der Waals surface area contributed by atoms with E-state index in [1.807, 2.05) is 0 Å². The Kier molecular flexibility index (Phi) is 5.79. The van der Waals surface area contributed by atoms with Gasteiger partial charge in [0.15, 0.2) is 0 Å². The van der Waals surface area contributed by atoms with E-state index in [9.17, 15) is 9.59 Å². The molecule has 1 saturated carbocycles. The zero-order valence-corrected chi connectivity index (χ0v) is 11.9. The molecule has 1 aliphatic rings. The van der Waals surface area contributed by atoms with E-state index in [4.69, 9.17) is 10.8 Å². The van der Waals surface area contributed by atoms with E-state index >= 15 is 0 Å². The van der Waals surface area contributed by atoms with Gasteiger partial charge < -0.3 is 16.2 Å². The lowest BCUT2D eigenvalue weighted by Crippen LogP contribution is -2.51. The topological polar surface area (TPSA) is 92.4 Å². The number of carboxylic acids is 1. The third-order valence-electron chi connectivity index (χ3n) is 4.00. The molecule has 0 aromatic rings. The Bertz CT molecular complexity index is 319. The van der Waals surface area contributed by atoms with Crippen molar-refractivity contribution < 1.29 is 14.7 Å². The van der Waals surface area contributed by atoms with Gasteiger partial charge in [-0.05, 0) is 31.1 Å². The second kappa shape index (κ2) is 6.89. The Balaban J connectivity index is 2.46. The predicted molar refractivity (Wildman–Crippen MR) is 73.5 cm³/mol. The van der Waals surface area contributed by atoms with Gasteiger partial charge in [-0.2, -0.15) is 0 Å². The zero-order valence-electron chi connectivity index (χ0n) is 11.9. The monoisotopic (exact) mass is 270 g/mol. The van der Waals surface area contributed by atoms with Crippen molar-refractivity contribution in [3.8, 4) is 0 Å². The van der Waals surface area contributed by atoms with Crippen molar-refractivity contribution in [2.24, 2.45) is 23.0 Å². The summed E-state index contributed by atoms with van der Waals surface area (Å²) in [4.78, 5) is 22.9. The highest BCUT2D eigenvalue weighted by molar-refractivity contribution is 5.83. The molecule has 1 amide bonds. The number of aliphatic carboxylic acids is 1. The summed E-state index contributed by atoms with van der Waals surface area (Å²) in [5.74, 6) is -0.387. The van der Waals surface area contributed by atoms with Gasteiger partial charge in [0.1, 0.15) is 0 Å². The van der Waals surface area contributed by atoms with Gasteiger partial charge in [0.25, 0.3) is 0 Å². The molecule has 1 atom stereocenters. The number of hydrogen-bond acceptors (Lipinski definition) is 3. The van der Waals surface area contributed by atoms with Crippen molar-refractivity contribution in [1.29, 1.82) is 0 Å². The lowest BCUT2D eigenvalue weighted by atomic mass is 9.68. The first-order chi connectivity index (χ1) is 8.89. The minimum atomic E-state index is -0.808. The zero-order chi connectivity index (χ0) is 14.5. The molecule has 0 aromatic carbocycles. The smallest absolute Gasteiger partial charge is 0.303 e. The van der Waals surface area contributed by atoms with E-state index in [0.717, 1.165) is 25.7 Å². The summed E-state index contributed by atoms with van der Waals surface area (Å²) in [5.41, 5.74) is 5.30.